The molecule has 7 heteroatoms. The topological polar surface area (TPSA) is 69.2 Å². The largest absolute Gasteiger partial charge is 0.391 e. The van der Waals surface area contributed by atoms with Crippen LogP contribution in [0.3, 0.4) is 0 Å². The lowest BCUT2D eigenvalue weighted by molar-refractivity contribution is -0.180. The normalized spacial score (nSPS) is 11.4. The molecule has 0 heterocycles. The van der Waals surface area contributed by atoms with Crippen LogP contribution in [-0.2, 0) is 19.3 Å². The van der Waals surface area contributed by atoms with Gasteiger partial charge in [0.05, 0.1) is 6.61 Å². The summed E-state index contributed by atoms with van der Waals surface area (Å²) >= 11 is 0. The predicted octanol–water partition coefficient (Wildman–Crippen LogP) is 4.21. The number of nitrogens with zero attached hydrogens (tertiary/aromatic N) is 1. The fourth-order valence-electron chi connectivity index (χ4n) is 1.93. The monoisotopic (exact) mass is 402 g/mol. The van der Waals surface area contributed by atoms with Crippen molar-refractivity contribution in [3.05, 3.63) is 83.9 Å². The van der Waals surface area contributed by atoms with Gasteiger partial charge in [-0.25, -0.2) is 4.79 Å². The summed E-state index contributed by atoms with van der Waals surface area (Å²) in [6.07, 6.45) is 7.39. The zero-order chi connectivity index (χ0) is 19.2. The van der Waals surface area contributed by atoms with E-state index in [9.17, 15) is 4.79 Å². The molecule has 0 bridgehead atoms. The number of hydrogen-bond donors (Lipinski definition) is 1. The molecule has 0 unspecified atom stereocenters. The summed E-state index contributed by atoms with van der Waals surface area (Å²) in [4.78, 5) is 26.4. The van der Waals surface area contributed by atoms with Crippen LogP contribution in [-0.4, -0.2) is 24.9 Å². The molecule has 0 spiro atoms. The quantitative estimate of drug-likeness (QED) is 0.366. The first-order chi connectivity index (χ1) is 13.3. The number of carbonyl (C=O) groups is 1. The Morgan fingerprint density at radius 3 is 2.04 bits per heavy atom. The second kappa shape index (κ2) is 14.2. The fourth-order valence-corrected chi connectivity index (χ4v) is 1.93. The van der Waals surface area contributed by atoms with Crippen molar-refractivity contribution in [2.24, 2.45) is 5.16 Å². The number of halogens is 1. The molecule has 6 nitrogen and oxygen atoms in total. The molecule has 0 radical (unpaired) electrons. The maximum absolute atomic E-state index is 11.7. The lowest BCUT2D eigenvalue weighted by Crippen LogP contribution is -2.25. The van der Waals surface area contributed by atoms with Crippen molar-refractivity contribution in [1.82, 2.24) is 5.64 Å². The summed E-state index contributed by atoms with van der Waals surface area (Å²) in [5.41, 5.74) is 4.31. The van der Waals surface area contributed by atoms with E-state index in [0.29, 0.717) is 0 Å². The summed E-state index contributed by atoms with van der Waals surface area (Å²) in [5, 5.41) is 3.69. The van der Waals surface area contributed by atoms with Crippen LogP contribution in [0.4, 0.5) is 0 Å². The number of hydrogen-bond acceptors (Lipinski definition) is 6. The first-order valence-corrected chi connectivity index (χ1v) is 8.43. The first-order valence-electron chi connectivity index (χ1n) is 8.43. The Bertz CT molecular complexity index is 778. The highest BCUT2D eigenvalue weighted by Crippen LogP contribution is 2.01. The maximum Gasteiger partial charge on any atom is 0.376 e. The molecular formula is C21H23ClN2O4. The molecule has 2 rings (SSSR count). The predicted molar refractivity (Wildman–Crippen MR) is 112 cm³/mol. The molecule has 2 aromatic rings. The molecule has 28 heavy (non-hydrogen) atoms. The van der Waals surface area contributed by atoms with Gasteiger partial charge in [-0.15, -0.1) is 12.4 Å². The zero-order valence-corrected chi connectivity index (χ0v) is 16.3. The molecule has 0 aliphatic rings. The minimum Gasteiger partial charge on any atom is -0.391 e. The molecule has 0 amide bonds. The van der Waals surface area contributed by atoms with Gasteiger partial charge in [-0.1, -0.05) is 84.0 Å². The smallest absolute Gasteiger partial charge is 0.376 e. The molecule has 0 aliphatic heterocycles. The lowest BCUT2D eigenvalue weighted by atomic mass is 10.2. The molecule has 0 saturated carbocycles. The Morgan fingerprint density at radius 1 is 0.929 bits per heavy atom. The molecule has 1 N–H and O–H groups in total. The standard InChI is InChI=1S/C21H22N2O4.ClH/c1-18(22-25-16-8-14-19-10-4-2-5-11-19)21(24)27-23-26-17-9-15-20-12-6-3-7-13-20;/h2-15,23H,16-17H2,1H3;1H/b14-8+,15-9+,22-18?;. The van der Waals surface area contributed by atoms with Crippen molar-refractivity contribution >= 4 is 36.2 Å². The minimum absolute atomic E-state index is 0. The zero-order valence-electron chi connectivity index (χ0n) is 15.5. The Kier molecular flexibility index (Phi) is 11.7. The minimum atomic E-state index is -0.686. The van der Waals surface area contributed by atoms with Gasteiger partial charge in [0.15, 0.2) is 5.71 Å². The lowest BCUT2D eigenvalue weighted by Gasteiger charge is -2.04. The van der Waals surface area contributed by atoms with Gasteiger partial charge in [0, 0.05) is 0 Å². The van der Waals surface area contributed by atoms with Crippen LogP contribution in [0.15, 0.2) is 78.0 Å². The highest BCUT2D eigenvalue weighted by atomic mass is 35.5. The number of nitrogens with one attached hydrogen (secondary N) is 1. The Morgan fingerprint density at radius 2 is 1.46 bits per heavy atom. The molecule has 2 aromatic carbocycles. The third kappa shape index (κ3) is 9.68. The van der Waals surface area contributed by atoms with Gasteiger partial charge in [0.1, 0.15) is 6.61 Å². The maximum atomic E-state index is 11.7. The van der Waals surface area contributed by atoms with E-state index in [4.69, 9.17) is 14.5 Å². The number of carbonyl (C=O) groups excluding carboxylic acids is 1. The molecule has 148 valence electrons. The van der Waals surface area contributed by atoms with E-state index in [-0.39, 0.29) is 31.3 Å². The van der Waals surface area contributed by atoms with Crippen molar-refractivity contribution in [1.29, 1.82) is 0 Å². The van der Waals surface area contributed by atoms with Crippen LogP contribution in [0.25, 0.3) is 12.2 Å². The van der Waals surface area contributed by atoms with Crippen LogP contribution in [0.2, 0.25) is 0 Å². The van der Waals surface area contributed by atoms with E-state index < -0.39 is 5.97 Å². The van der Waals surface area contributed by atoms with E-state index in [1.807, 2.05) is 72.8 Å². The van der Waals surface area contributed by atoms with E-state index >= 15 is 0 Å². The highest BCUT2D eigenvalue weighted by molar-refractivity contribution is 6.35. The highest BCUT2D eigenvalue weighted by Gasteiger charge is 2.08. The van der Waals surface area contributed by atoms with Crippen LogP contribution in [0, 0.1) is 0 Å². The van der Waals surface area contributed by atoms with E-state index in [1.54, 1.807) is 12.2 Å². The van der Waals surface area contributed by atoms with Gasteiger partial charge in [-0.2, -0.15) is 0 Å². The number of rotatable bonds is 10. The van der Waals surface area contributed by atoms with Gasteiger partial charge in [0.25, 0.3) is 0 Å². The summed E-state index contributed by atoms with van der Waals surface area (Å²) in [5.74, 6) is -0.686. The Hall–Kier alpha value is -2.93. The number of oxime groups is 1. The van der Waals surface area contributed by atoms with Gasteiger partial charge in [-0.3, -0.25) is 4.84 Å². The molecule has 0 saturated heterocycles. The Balaban J connectivity index is 0.00000392. The van der Waals surface area contributed by atoms with E-state index in [0.717, 1.165) is 11.1 Å². The van der Waals surface area contributed by atoms with Crippen molar-refractivity contribution in [3.63, 3.8) is 0 Å². The van der Waals surface area contributed by atoms with Crippen LogP contribution < -0.4 is 5.64 Å². The Labute approximate surface area is 170 Å². The second-order valence-corrected chi connectivity index (χ2v) is 5.38. The summed E-state index contributed by atoms with van der Waals surface area (Å²) in [7, 11) is 0. The van der Waals surface area contributed by atoms with Crippen molar-refractivity contribution in [3.8, 4) is 0 Å². The SMILES string of the molecule is CC(=NOC/C=C/c1ccccc1)C(=O)ONOC/C=C/c1ccccc1.Cl. The van der Waals surface area contributed by atoms with Gasteiger partial charge < -0.3 is 9.68 Å². The van der Waals surface area contributed by atoms with Crippen molar-refractivity contribution in [2.45, 2.75) is 6.92 Å². The fraction of sp³-hybridized carbons (Fsp3) is 0.143. The summed E-state index contributed by atoms with van der Waals surface area (Å²) in [6.45, 7) is 1.97. The van der Waals surface area contributed by atoms with E-state index in [2.05, 4.69) is 10.8 Å². The van der Waals surface area contributed by atoms with Crippen LogP contribution in [0.1, 0.15) is 18.1 Å². The summed E-state index contributed by atoms with van der Waals surface area (Å²) in [6, 6.07) is 19.6. The van der Waals surface area contributed by atoms with Crippen molar-refractivity contribution < 1.29 is 19.3 Å². The molecule has 0 atom stereocenters. The van der Waals surface area contributed by atoms with Crippen LogP contribution >= 0.6 is 12.4 Å². The molecule has 0 aliphatic carbocycles. The third-order valence-electron chi connectivity index (χ3n) is 3.26. The van der Waals surface area contributed by atoms with Gasteiger partial charge in [-0.05, 0) is 29.8 Å². The first kappa shape index (κ1) is 23.1. The number of benzene rings is 2. The van der Waals surface area contributed by atoms with Gasteiger partial charge in [0.2, 0.25) is 0 Å². The second-order valence-electron chi connectivity index (χ2n) is 5.38. The van der Waals surface area contributed by atoms with Gasteiger partial charge >= 0.3 is 5.97 Å². The van der Waals surface area contributed by atoms with Crippen LogP contribution in [0.5, 0.6) is 0 Å². The summed E-state index contributed by atoms with van der Waals surface area (Å²) < 4.78 is 0. The van der Waals surface area contributed by atoms with Crippen molar-refractivity contribution in [2.75, 3.05) is 13.2 Å². The third-order valence-corrected chi connectivity index (χ3v) is 3.26. The average molecular weight is 403 g/mol. The molecule has 0 aromatic heterocycles. The van der Waals surface area contributed by atoms with E-state index in [1.165, 1.54) is 6.92 Å². The molecule has 0 fully saturated rings. The molecular weight excluding hydrogens is 380 g/mol. The average Bonchev–Trinajstić information content (AvgIpc) is 2.71.